The summed E-state index contributed by atoms with van der Waals surface area (Å²) >= 11 is 1.59. The van der Waals surface area contributed by atoms with Crippen LogP contribution in [0.3, 0.4) is 0 Å². The van der Waals surface area contributed by atoms with Crippen molar-refractivity contribution in [3.8, 4) is 22.1 Å². The third-order valence-electron chi connectivity index (χ3n) is 4.21. The molecular formula is C17H18N4OS. The van der Waals surface area contributed by atoms with E-state index in [0.29, 0.717) is 6.54 Å². The molecule has 0 radical (unpaired) electrons. The number of hydrogen-bond acceptors (Lipinski definition) is 5. The SMILES string of the molecule is O[C@H]1CNCC[C@@H]1n1ccnc1-c1nc(-c2ccccc2)cs1. The number of β-amino-alcohol motifs (C(OH)–C–C–N with tert-alkyl or cyclic N) is 1. The van der Waals surface area contributed by atoms with Gasteiger partial charge in [0.25, 0.3) is 0 Å². The fourth-order valence-corrected chi connectivity index (χ4v) is 3.84. The predicted octanol–water partition coefficient (Wildman–Crippen LogP) is 2.57. The summed E-state index contributed by atoms with van der Waals surface area (Å²) in [6, 6.07) is 10.2. The zero-order valence-corrected chi connectivity index (χ0v) is 13.4. The monoisotopic (exact) mass is 326 g/mol. The minimum absolute atomic E-state index is 0.0535. The van der Waals surface area contributed by atoms with E-state index in [-0.39, 0.29) is 6.04 Å². The van der Waals surface area contributed by atoms with Gasteiger partial charge in [-0.05, 0) is 13.0 Å². The number of benzene rings is 1. The smallest absolute Gasteiger partial charge is 0.169 e. The molecule has 1 fully saturated rings. The van der Waals surface area contributed by atoms with Gasteiger partial charge in [0, 0.05) is 29.9 Å². The molecule has 4 rings (SSSR count). The molecule has 23 heavy (non-hydrogen) atoms. The second-order valence-electron chi connectivity index (χ2n) is 5.69. The Morgan fingerprint density at radius 1 is 1.26 bits per heavy atom. The van der Waals surface area contributed by atoms with E-state index < -0.39 is 6.10 Å². The summed E-state index contributed by atoms with van der Waals surface area (Å²) in [5.74, 6) is 0.836. The summed E-state index contributed by atoms with van der Waals surface area (Å²) < 4.78 is 2.07. The number of nitrogens with one attached hydrogen (secondary N) is 1. The van der Waals surface area contributed by atoms with Gasteiger partial charge < -0.3 is 15.0 Å². The third kappa shape index (κ3) is 2.81. The maximum absolute atomic E-state index is 10.3. The minimum Gasteiger partial charge on any atom is -0.390 e. The van der Waals surface area contributed by atoms with E-state index in [1.165, 1.54) is 0 Å². The second kappa shape index (κ2) is 6.23. The van der Waals surface area contributed by atoms with Crippen molar-refractivity contribution >= 4 is 11.3 Å². The average Bonchev–Trinajstić information content (AvgIpc) is 3.25. The first-order chi connectivity index (χ1) is 11.3. The number of hydrogen-bond donors (Lipinski definition) is 2. The molecule has 2 aromatic heterocycles. The molecule has 3 aromatic rings. The van der Waals surface area contributed by atoms with E-state index in [0.717, 1.165) is 35.1 Å². The predicted molar refractivity (Wildman–Crippen MR) is 91.3 cm³/mol. The van der Waals surface area contributed by atoms with Gasteiger partial charge in [-0.2, -0.15) is 0 Å². The Balaban J connectivity index is 1.67. The van der Waals surface area contributed by atoms with Crippen molar-refractivity contribution in [3.63, 3.8) is 0 Å². The fraction of sp³-hybridized carbons (Fsp3) is 0.294. The second-order valence-corrected chi connectivity index (χ2v) is 6.55. The maximum atomic E-state index is 10.3. The summed E-state index contributed by atoms with van der Waals surface area (Å²) in [6.07, 6.45) is 4.22. The van der Waals surface area contributed by atoms with Gasteiger partial charge in [0.2, 0.25) is 0 Å². The van der Waals surface area contributed by atoms with Gasteiger partial charge in [0.1, 0.15) is 0 Å². The highest BCUT2D eigenvalue weighted by molar-refractivity contribution is 7.13. The molecule has 0 saturated carbocycles. The third-order valence-corrected chi connectivity index (χ3v) is 5.04. The first kappa shape index (κ1) is 14.6. The average molecular weight is 326 g/mol. The summed E-state index contributed by atoms with van der Waals surface area (Å²) in [5.41, 5.74) is 2.07. The Morgan fingerprint density at radius 3 is 2.96 bits per heavy atom. The lowest BCUT2D eigenvalue weighted by atomic mass is 10.0. The molecule has 0 bridgehead atoms. The molecule has 0 amide bonds. The topological polar surface area (TPSA) is 63.0 Å². The number of nitrogens with zero attached hydrogens (tertiary/aromatic N) is 3. The van der Waals surface area contributed by atoms with Gasteiger partial charge in [0.05, 0.1) is 17.8 Å². The Morgan fingerprint density at radius 2 is 2.13 bits per heavy atom. The molecule has 5 nitrogen and oxygen atoms in total. The van der Waals surface area contributed by atoms with E-state index in [4.69, 9.17) is 4.98 Å². The number of aliphatic hydroxyl groups excluding tert-OH is 1. The normalized spacial score (nSPS) is 21.4. The van der Waals surface area contributed by atoms with E-state index in [2.05, 4.69) is 32.4 Å². The van der Waals surface area contributed by atoms with Crippen LogP contribution in [-0.4, -0.2) is 38.8 Å². The van der Waals surface area contributed by atoms with Crippen LogP contribution in [0.5, 0.6) is 0 Å². The van der Waals surface area contributed by atoms with Crippen molar-refractivity contribution in [2.75, 3.05) is 13.1 Å². The fourth-order valence-electron chi connectivity index (χ4n) is 3.02. The number of piperidine rings is 1. The number of aliphatic hydroxyl groups is 1. The summed E-state index contributed by atoms with van der Waals surface area (Å²) in [4.78, 5) is 9.22. The van der Waals surface area contributed by atoms with Crippen LogP contribution < -0.4 is 5.32 Å². The highest BCUT2D eigenvalue weighted by Gasteiger charge is 2.27. The first-order valence-electron chi connectivity index (χ1n) is 7.76. The Hall–Kier alpha value is -2.02. The van der Waals surface area contributed by atoms with Gasteiger partial charge in [-0.3, -0.25) is 0 Å². The highest BCUT2D eigenvalue weighted by atomic mass is 32.1. The lowest BCUT2D eigenvalue weighted by molar-refractivity contribution is 0.0880. The van der Waals surface area contributed by atoms with Crippen molar-refractivity contribution < 1.29 is 5.11 Å². The van der Waals surface area contributed by atoms with Crippen LogP contribution in [0.25, 0.3) is 22.1 Å². The minimum atomic E-state index is -0.398. The quantitative estimate of drug-likeness (QED) is 0.776. The molecule has 2 N–H and O–H groups in total. The van der Waals surface area contributed by atoms with Gasteiger partial charge in [-0.25, -0.2) is 9.97 Å². The lowest BCUT2D eigenvalue weighted by Gasteiger charge is -2.30. The van der Waals surface area contributed by atoms with Gasteiger partial charge in [-0.1, -0.05) is 30.3 Å². The van der Waals surface area contributed by atoms with Crippen LogP contribution in [-0.2, 0) is 0 Å². The molecule has 1 aromatic carbocycles. The van der Waals surface area contributed by atoms with Gasteiger partial charge >= 0.3 is 0 Å². The van der Waals surface area contributed by atoms with Gasteiger partial charge in [0.15, 0.2) is 10.8 Å². The number of rotatable bonds is 3. The van der Waals surface area contributed by atoms with Crippen LogP contribution in [0.15, 0.2) is 48.1 Å². The van der Waals surface area contributed by atoms with E-state index in [1.807, 2.05) is 24.4 Å². The van der Waals surface area contributed by atoms with Crippen LogP contribution in [0.1, 0.15) is 12.5 Å². The standard InChI is InChI=1S/C17H18N4OS/c22-15-10-18-7-6-14(15)21-9-8-19-16(21)17-20-13(11-23-17)12-4-2-1-3-5-12/h1-5,8-9,11,14-15,18,22H,6-7,10H2/t14-,15-/m0/s1. The zero-order chi connectivity index (χ0) is 15.6. The largest absolute Gasteiger partial charge is 0.390 e. The molecule has 3 heterocycles. The molecule has 1 aliphatic heterocycles. The maximum Gasteiger partial charge on any atom is 0.169 e. The molecule has 1 saturated heterocycles. The van der Waals surface area contributed by atoms with Crippen molar-refractivity contribution in [3.05, 3.63) is 48.1 Å². The molecule has 0 spiro atoms. The Labute approximate surface area is 138 Å². The summed E-state index contributed by atoms with van der Waals surface area (Å²) in [5, 5.41) is 16.4. The Kier molecular flexibility index (Phi) is 3.95. The van der Waals surface area contributed by atoms with Crippen LogP contribution >= 0.6 is 11.3 Å². The van der Waals surface area contributed by atoms with Crippen LogP contribution in [0, 0.1) is 0 Å². The van der Waals surface area contributed by atoms with E-state index >= 15 is 0 Å². The van der Waals surface area contributed by atoms with Crippen molar-refractivity contribution in [1.29, 1.82) is 0 Å². The van der Waals surface area contributed by atoms with Crippen molar-refractivity contribution in [2.24, 2.45) is 0 Å². The van der Waals surface area contributed by atoms with Crippen molar-refractivity contribution in [1.82, 2.24) is 19.9 Å². The van der Waals surface area contributed by atoms with Crippen LogP contribution in [0.2, 0.25) is 0 Å². The number of imidazole rings is 1. The molecule has 2 atom stereocenters. The molecule has 118 valence electrons. The lowest BCUT2D eigenvalue weighted by Crippen LogP contribution is -2.41. The highest BCUT2D eigenvalue weighted by Crippen LogP contribution is 2.31. The zero-order valence-electron chi connectivity index (χ0n) is 12.6. The van der Waals surface area contributed by atoms with Crippen LogP contribution in [0.4, 0.5) is 0 Å². The molecule has 6 heteroatoms. The molecular weight excluding hydrogens is 308 g/mol. The van der Waals surface area contributed by atoms with Crippen molar-refractivity contribution in [2.45, 2.75) is 18.6 Å². The number of thiazole rings is 1. The van der Waals surface area contributed by atoms with E-state index in [1.54, 1.807) is 17.5 Å². The number of aromatic nitrogens is 3. The summed E-state index contributed by atoms with van der Waals surface area (Å²) in [6.45, 7) is 1.53. The van der Waals surface area contributed by atoms with E-state index in [9.17, 15) is 5.11 Å². The Bertz CT molecular complexity index is 783. The molecule has 0 aliphatic carbocycles. The summed E-state index contributed by atoms with van der Waals surface area (Å²) in [7, 11) is 0. The van der Waals surface area contributed by atoms with Gasteiger partial charge in [-0.15, -0.1) is 11.3 Å². The molecule has 1 aliphatic rings. The first-order valence-corrected chi connectivity index (χ1v) is 8.64. The molecule has 0 unspecified atom stereocenters.